The van der Waals surface area contributed by atoms with Crippen molar-refractivity contribution in [3.05, 3.63) is 35.9 Å². The van der Waals surface area contributed by atoms with Crippen LogP contribution in [-0.2, 0) is 6.54 Å². The molecule has 3 rings (SSSR count). The van der Waals surface area contributed by atoms with Crippen LogP contribution in [-0.4, -0.2) is 22.4 Å². The summed E-state index contributed by atoms with van der Waals surface area (Å²) in [6.07, 6.45) is 8.32. The van der Waals surface area contributed by atoms with Crippen molar-refractivity contribution >= 4 is 11.6 Å². The summed E-state index contributed by atoms with van der Waals surface area (Å²) < 4.78 is 0. The fourth-order valence-corrected chi connectivity index (χ4v) is 4.13. The second-order valence-electron chi connectivity index (χ2n) is 5.91. The summed E-state index contributed by atoms with van der Waals surface area (Å²) in [5.41, 5.74) is 1.92. The van der Waals surface area contributed by atoms with Crippen LogP contribution in [0.2, 0.25) is 0 Å². The Kier molecular flexibility index (Phi) is 3.63. The van der Waals surface area contributed by atoms with Gasteiger partial charge in [0.25, 0.3) is 0 Å². The molecule has 2 heteroatoms. The van der Waals surface area contributed by atoms with E-state index in [9.17, 15) is 0 Å². The maximum atomic E-state index is 6.13. The highest BCUT2D eigenvalue weighted by atomic mass is 35.5. The average molecular weight is 264 g/mol. The van der Waals surface area contributed by atoms with Crippen LogP contribution < -0.4 is 0 Å². The Hall–Kier alpha value is -0.530. The summed E-state index contributed by atoms with van der Waals surface area (Å²) in [5, 5.41) is 0. The van der Waals surface area contributed by atoms with Crippen LogP contribution in [0.3, 0.4) is 0 Å². The van der Waals surface area contributed by atoms with Crippen molar-refractivity contribution in [1.29, 1.82) is 0 Å². The monoisotopic (exact) mass is 263 g/mol. The minimum absolute atomic E-state index is 0.494. The van der Waals surface area contributed by atoms with Gasteiger partial charge in [-0.2, -0.15) is 0 Å². The van der Waals surface area contributed by atoms with E-state index in [1.165, 1.54) is 44.1 Å². The minimum Gasteiger partial charge on any atom is -0.289 e. The van der Waals surface area contributed by atoms with Crippen molar-refractivity contribution < 1.29 is 0 Å². The van der Waals surface area contributed by atoms with Crippen molar-refractivity contribution in [2.45, 2.75) is 56.7 Å². The lowest BCUT2D eigenvalue weighted by atomic mass is 9.69. The molecule has 1 aliphatic carbocycles. The van der Waals surface area contributed by atoms with Gasteiger partial charge in [0.15, 0.2) is 0 Å². The maximum absolute atomic E-state index is 6.13. The Bertz CT molecular complexity index is 383. The molecule has 2 aliphatic rings. The van der Waals surface area contributed by atoms with Gasteiger partial charge in [-0.3, -0.25) is 4.90 Å². The molecule has 1 unspecified atom stereocenters. The molecular formula is C16H22ClN. The van der Waals surface area contributed by atoms with Gasteiger partial charge >= 0.3 is 0 Å². The Morgan fingerprint density at radius 3 is 2.50 bits per heavy atom. The van der Waals surface area contributed by atoms with E-state index in [-0.39, 0.29) is 0 Å². The number of rotatable bonds is 3. The predicted octanol–water partition coefficient (Wildman–Crippen LogP) is 4.20. The molecule has 1 saturated carbocycles. The van der Waals surface area contributed by atoms with Crippen molar-refractivity contribution in [1.82, 2.24) is 4.90 Å². The van der Waals surface area contributed by atoms with Crippen LogP contribution in [0.4, 0.5) is 0 Å². The van der Waals surface area contributed by atoms with Crippen LogP contribution in [0.5, 0.6) is 0 Å². The molecule has 1 nitrogen and oxygen atoms in total. The number of alkyl halides is 1. The Morgan fingerprint density at radius 1 is 1.11 bits per heavy atom. The van der Waals surface area contributed by atoms with E-state index in [4.69, 9.17) is 11.6 Å². The summed E-state index contributed by atoms with van der Waals surface area (Å²) >= 11 is 6.13. The highest BCUT2D eigenvalue weighted by Crippen LogP contribution is 2.47. The summed E-state index contributed by atoms with van der Waals surface area (Å²) in [4.78, 5) is 2.69. The fraction of sp³-hybridized carbons (Fsp3) is 0.625. The van der Waals surface area contributed by atoms with Gasteiger partial charge in [0.2, 0.25) is 0 Å². The molecule has 0 bridgehead atoms. The molecule has 1 heterocycles. The molecule has 1 aromatic carbocycles. The van der Waals surface area contributed by atoms with Crippen LogP contribution in [0.25, 0.3) is 0 Å². The average Bonchev–Trinajstić information content (AvgIpc) is 2.44. The minimum atomic E-state index is 0.494. The summed E-state index contributed by atoms with van der Waals surface area (Å²) in [6, 6.07) is 11.4. The smallest absolute Gasteiger partial charge is 0.0380 e. The van der Waals surface area contributed by atoms with Crippen LogP contribution in [0.1, 0.15) is 44.1 Å². The van der Waals surface area contributed by atoms with Gasteiger partial charge in [-0.15, -0.1) is 11.6 Å². The van der Waals surface area contributed by atoms with Gasteiger partial charge < -0.3 is 0 Å². The van der Waals surface area contributed by atoms with Crippen molar-refractivity contribution in [2.24, 2.45) is 0 Å². The van der Waals surface area contributed by atoms with Gasteiger partial charge in [-0.25, -0.2) is 0 Å². The standard InChI is InChI=1S/C16H22ClN/c17-12-15-11-16(9-5-2-6-10-16)18(15)13-14-7-3-1-4-8-14/h1,3-4,7-8,15H,2,5-6,9-13H2. The third-order valence-electron chi connectivity index (χ3n) is 4.82. The second-order valence-corrected chi connectivity index (χ2v) is 6.22. The SMILES string of the molecule is ClCC1CC2(CCCCC2)N1Cc1ccccc1. The second kappa shape index (κ2) is 5.22. The van der Waals surface area contributed by atoms with Gasteiger partial charge in [0, 0.05) is 24.0 Å². The van der Waals surface area contributed by atoms with Crippen molar-refractivity contribution in [3.63, 3.8) is 0 Å². The molecule has 0 aromatic heterocycles. The van der Waals surface area contributed by atoms with Crippen LogP contribution in [0, 0.1) is 0 Å². The number of hydrogen-bond donors (Lipinski definition) is 0. The number of halogens is 1. The number of hydrogen-bond acceptors (Lipinski definition) is 1. The highest BCUT2D eigenvalue weighted by Gasteiger charge is 2.50. The summed E-state index contributed by atoms with van der Waals surface area (Å²) in [7, 11) is 0. The van der Waals surface area contributed by atoms with E-state index in [2.05, 4.69) is 35.2 Å². The Labute approximate surface area is 115 Å². The first-order valence-electron chi connectivity index (χ1n) is 7.21. The molecule has 0 N–H and O–H groups in total. The molecule has 18 heavy (non-hydrogen) atoms. The topological polar surface area (TPSA) is 3.24 Å². The fourth-order valence-electron chi connectivity index (χ4n) is 3.86. The normalized spacial score (nSPS) is 27.1. The molecule has 2 fully saturated rings. The molecule has 0 radical (unpaired) electrons. The van der Waals surface area contributed by atoms with Gasteiger partial charge in [0.1, 0.15) is 0 Å². The Balaban J connectivity index is 1.74. The van der Waals surface area contributed by atoms with Crippen molar-refractivity contribution in [2.75, 3.05) is 5.88 Å². The number of likely N-dealkylation sites (tertiary alicyclic amines) is 1. The van der Waals surface area contributed by atoms with E-state index in [1.54, 1.807) is 0 Å². The number of benzene rings is 1. The lowest BCUT2D eigenvalue weighted by Crippen LogP contribution is -2.66. The molecule has 1 atom stereocenters. The molecule has 1 aliphatic heterocycles. The van der Waals surface area contributed by atoms with Crippen LogP contribution in [0.15, 0.2) is 30.3 Å². The van der Waals surface area contributed by atoms with E-state index in [0.29, 0.717) is 11.6 Å². The molecule has 1 spiro atoms. The molecule has 98 valence electrons. The maximum Gasteiger partial charge on any atom is 0.0380 e. The lowest BCUT2D eigenvalue weighted by Gasteiger charge is -2.60. The zero-order valence-corrected chi connectivity index (χ0v) is 11.7. The molecule has 1 aromatic rings. The zero-order chi connectivity index (χ0) is 12.4. The highest BCUT2D eigenvalue weighted by molar-refractivity contribution is 6.18. The number of nitrogens with zero attached hydrogens (tertiary/aromatic N) is 1. The van der Waals surface area contributed by atoms with E-state index < -0.39 is 0 Å². The van der Waals surface area contributed by atoms with Crippen molar-refractivity contribution in [3.8, 4) is 0 Å². The van der Waals surface area contributed by atoms with Gasteiger partial charge in [-0.05, 0) is 24.8 Å². The van der Waals surface area contributed by atoms with Gasteiger partial charge in [-0.1, -0.05) is 49.6 Å². The van der Waals surface area contributed by atoms with E-state index >= 15 is 0 Å². The zero-order valence-electron chi connectivity index (χ0n) is 10.9. The molecule has 0 amide bonds. The lowest BCUT2D eigenvalue weighted by molar-refractivity contribution is -0.0932. The molecule has 1 saturated heterocycles. The Morgan fingerprint density at radius 2 is 1.83 bits per heavy atom. The first-order valence-corrected chi connectivity index (χ1v) is 7.74. The van der Waals surface area contributed by atoms with E-state index in [1.807, 2.05) is 0 Å². The third kappa shape index (κ3) is 2.19. The third-order valence-corrected chi connectivity index (χ3v) is 5.18. The largest absolute Gasteiger partial charge is 0.289 e. The van der Waals surface area contributed by atoms with E-state index in [0.717, 1.165) is 12.4 Å². The van der Waals surface area contributed by atoms with Gasteiger partial charge in [0.05, 0.1) is 0 Å². The quantitative estimate of drug-likeness (QED) is 0.739. The predicted molar refractivity (Wildman–Crippen MR) is 76.9 cm³/mol. The summed E-state index contributed by atoms with van der Waals surface area (Å²) in [5.74, 6) is 0.786. The molecular weight excluding hydrogens is 242 g/mol. The van der Waals surface area contributed by atoms with Crippen LogP contribution >= 0.6 is 11.6 Å². The first kappa shape index (κ1) is 12.5. The first-order chi connectivity index (χ1) is 8.84. The summed E-state index contributed by atoms with van der Waals surface area (Å²) in [6.45, 7) is 1.08.